The molecule has 1 aliphatic heterocycles. The molecule has 1 fully saturated rings. The molecule has 0 aromatic heterocycles. The van der Waals surface area contributed by atoms with Gasteiger partial charge >= 0.3 is 0 Å². The third-order valence-corrected chi connectivity index (χ3v) is 5.65. The SMILES string of the molecule is Cc1cc(OCc2ccc(C(=O)NNC(=O)C(C)OCC3CCCCO3)cc2)ccc1Cl. The first kappa shape index (κ1) is 24.0. The lowest BCUT2D eigenvalue weighted by Crippen LogP contribution is -2.46. The van der Waals surface area contributed by atoms with E-state index >= 15 is 0 Å². The highest BCUT2D eigenvalue weighted by molar-refractivity contribution is 6.31. The van der Waals surface area contributed by atoms with Gasteiger partial charge < -0.3 is 14.2 Å². The molecule has 1 heterocycles. The molecule has 3 rings (SSSR count). The quantitative estimate of drug-likeness (QED) is 0.582. The summed E-state index contributed by atoms with van der Waals surface area (Å²) < 4.78 is 16.9. The number of hydrogen-bond acceptors (Lipinski definition) is 5. The van der Waals surface area contributed by atoms with Crippen LogP contribution in [-0.4, -0.2) is 37.2 Å². The van der Waals surface area contributed by atoms with Crippen molar-refractivity contribution in [1.29, 1.82) is 0 Å². The Morgan fingerprint density at radius 3 is 2.62 bits per heavy atom. The Morgan fingerprint density at radius 2 is 1.94 bits per heavy atom. The molecule has 172 valence electrons. The van der Waals surface area contributed by atoms with Crippen LogP contribution in [0.4, 0.5) is 0 Å². The highest BCUT2D eigenvalue weighted by atomic mass is 35.5. The summed E-state index contributed by atoms with van der Waals surface area (Å²) in [4.78, 5) is 24.5. The largest absolute Gasteiger partial charge is 0.489 e. The maximum Gasteiger partial charge on any atom is 0.269 e. The molecular weight excluding hydrogens is 432 g/mol. The second kappa shape index (κ2) is 11.9. The molecule has 0 saturated carbocycles. The van der Waals surface area contributed by atoms with Gasteiger partial charge in [-0.25, -0.2) is 0 Å². The fourth-order valence-electron chi connectivity index (χ4n) is 3.18. The lowest BCUT2D eigenvalue weighted by atomic mass is 10.1. The van der Waals surface area contributed by atoms with Crippen LogP contribution >= 0.6 is 11.6 Å². The summed E-state index contributed by atoms with van der Waals surface area (Å²) in [6.07, 6.45) is 2.44. The minimum atomic E-state index is -0.697. The third-order valence-electron chi connectivity index (χ3n) is 5.23. The Bertz CT molecular complexity index is 913. The normalized spacial score (nSPS) is 16.8. The molecule has 1 saturated heterocycles. The van der Waals surface area contributed by atoms with Crippen LogP contribution in [0, 0.1) is 6.92 Å². The molecule has 8 heteroatoms. The van der Waals surface area contributed by atoms with Crippen molar-refractivity contribution in [3.63, 3.8) is 0 Å². The first-order valence-electron chi connectivity index (χ1n) is 10.7. The molecule has 2 aromatic carbocycles. The van der Waals surface area contributed by atoms with Gasteiger partial charge in [0.05, 0.1) is 12.7 Å². The molecular formula is C24H29ClN2O5. The van der Waals surface area contributed by atoms with Crippen molar-refractivity contribution >= 4 is 23.4 Å². The Kier molecular flexibility index (Phi) is 8.90. The number of aryl methyl sites for hydroxylation is 1. The van der Waals surface area contributed by atoms with Crippen LogP contribution < -0.4 is 15.6 Å². The summed E-state index contributed by atoms with van der Waals surface area (Å²) in [6.45, 7) is 5.01. The van der Waals surface area contributed by atoms with Gasteiger partial charge in [0, 0.05) is 17.2 Å². The summed E-state index contributed by atoms with van der Waals surface area (Å²) in [5.41, 5.74) is 7.08. The topological polar surface area (TPSA) is 85.9 Å². The van der Waals surface area contributed by atoms with E-state index in [1.807, 2.05) is 19.1 Å². The van der Waals surface area contributed by atoms with Gasteiger partial charge in [-0.3, -0.25) is 20.4 Å². The van der Waals surface area contributed by atoms with Gasteiger partial charge in [-0.15, -0.1) is 0 Å². The summed E-state index contributed by atoms with van der Waals surface area (Å²) in [6, 6.07) is 12.4. The number of carbonyl (C=O) groups is 2. The predicted octanol–water partition coefficient (Wildman–Crippen LogP) is 3.96. The van der Waals surface area contributed by atoms with E-state index in [1.54, 1.807) is 37.3 Å². The zero-order chi connectivity index (χ0) is 22.9. The molecule has 2 atom stereocenters. The molecule has 2 amide bonds. The Morgan fingerprint density at radius 1 is 1.16 bits per heavy atom. The van der Waals surface area contributed by atoms with E-state index in [-0.39, 0.29) is 6.10 Å². The number of halogens is 1. The average Bonchev–Trinajstić information content (AvgIpc) is 2.82. The van der Waals surface area contributed by atoms with Crippen molar-refractivity contribution in [2.24, 2.45) is 0 Å². The monoisotopic (exact) mass is 460 g/mol. The average molecular weight is 461 g/mol. The molecule has 2 unspecified atom stereocenters. The Labute approximate surface area is 193 Å². The molecule has 32 heavy (non-hydrogen) atoms. The number of carbonyl (C=O) groups excluding carboxylic acids is 2. The molecule has 0 bridgehead atoms. The lowest BCUT2D eigenvalue weighted by molar-refractivity contribution is -0.136. The van der Waals surface area contributed by atoms with E-state index in [4.69, 9.17) is 25.8 Å². The summed E-state index contributed by atoms with van der Waals surface area (Å²) >= 11 is 6.02. The highest BCUT2D eigenvalue weighted by Gasteiger charge is 2.19. The minimum absolute atomic E-state index is 0.0276. The van der Waals surface area contributed by atoms with Crippen LogP contribution in [0.15, 0.2) is 42.5 Å². The Hall–Kier alpha value is -2.61. The molecule has 0 spiro atoms. The van der Waals surface area contributed by atoms with E-state index in [2.05, 4.69) is 10.9 Å². The van der Waals surface area contributed by atoms with E-state index in [0.717, 1.165) is 42.7 Å². The van der Waals surface area contributed by atoms with E-state index in [9.17, 15) is 9.59 Å². The number of benzene rings is 2. The standard InChI is InChI=1S/C24H29ClN2O5/c1-16-13-20(10-11-22(16)25)32-14-18-6-8-19(9-7-18)24(29)27-26-23(28)17(2)31-15-21-5-3-4-12-30-21/h6-11,13,17,21H,3-5,12,14-15H2,1-2H3,(H,26,28)(H,27,29). The van der Waals surface area contributed by atoms with Gasteiger partial charge in [0.2, 0.25) is 0 Å². The van der Waals surface area contributed by atoms with Gasteiger partial charge in [-0.2, -0.15) is 0 Å². The number of nitrogens with one attached hydrogen (secondary N) is 2. The number of rotatable bonds is 8. The van der Waals surface area contributed by atoms with Crippen LogP contribution in [0.3, 0.4) is 0 Å². The zero-order valence-corrected chi connectivity index (χ0v) is 19.1. The number of hydrogen-bond donors (Lipinski definition) is 2. The van der Waals surface area contributed by atoms with Gasteiger partial charge in [0.15, 0.2) is 0 Å². The number of ether oxygens (including phenoxy) is 3. The van der Waals surface area contributed by atoms with E-state index < -0.39 is 17.9 Å². The van der Waals surface area contributed by atoms with Crippen molar-refractivity contribution < 1.29 is 23.8 Å². The van der Waals surface area contributed by atoms with Crippen LogP contribution in [0.1, 0.15) is 47.7 Å². The molecule has 0 aliphatic carbocycles. The lowest BCUT2D eigenvalue weighted by Gasteiger charge is -2.23. The minimum Gasteiger partial charge on any atom is -0.489 e. The van der Waals surface area contributed by atoms with E-state index in [1.165, 1.54) is 0 Å². The van der Waals surface area contributed by atoms with Crippen molar-refractivity contribution in [3.05, 3.63) is 64.2 Å². The second-order valence-electron chi connectivity index (χ2n) is 7.80. The van der Waals surface area contributed by atoms with Crippen LogP contribution in [0.25, 0.3) is 0 Å². The predicted molar refractivity (Wildman–Crippen MR) is 122 cm³/mol. The van der Waals surface area contributed by atoms with E-state index in [0.29, 0.717) is 23.8 Å². The summed E-state index contributed by atoms with van der Waals surface area (Å²) in [5.74, 6) is -0.109. The fraction of sp³-hybridized carbons (Fsp3) is 0.417. The summed E-state index contributed by atoms with van der Waals surface area (Å²) in [5, 5.41) is 0.694. The zero-order valence-electron chi connectivity index (χ0n) is 18.4. The van der Waals surface area contributed by atoms with Crippen molar-refractivity contribution in [3.8, 4) is 5.75 Å². The second-order valence-corrected chi connectivity index (χ2v) is 8.21. The van der Waals surface area contributed by atoms with Crippen molar-refractivity contribution in [2.45, 2.75) is 51.9 Å². The van der Waals surface area contributed by atoms with Crippen molar-refractivity contribution in [1.82, 2.24) is 10.9 Å². The maximum absolute atomic E-state index is 12.3. The van der Waals surface area contributed by atoms with Gasteiger partial charge in [-0.1, -0.05) is 23.7 Å². The highest BCUT2D eigenvalue weighted by Crippen LogP contribution is 2.22. The summed E-state index contributed by atoms with van der Waals surface area (Å²) in [7, 11) is 0. The molecule has 2 N–H and O–H groups in total. The molecule has 1 aliphatic rings. The van der Waals surface area contributed by atoms with Crippen LogP contribution in [0.2, 0.25) is 5.02 Å². The number of amides is 2. The smallest absolute Gasteiger partial charge is 0.269 e. The van der Waals surface area contributed by atoms with Gasteiger partial charge in [-0.05, 0) is 74.6 Å². The fourth-order valence-corrected chi connectivity index (χ4v) is 3.30. The third kappa shape index (κ3) is 7.22. The van der Waals surface area contributed by atoms with Gasteiger partial charge in [0.1, 0.15) is 18.5 Å². The Balaban J connectivity index is 1.40. The first-order valence-corrected chi connectivity index (χ1v) is 11.1. The van der Waals surface area contributed by atoms with Crippen LogP contribution in [-0.2, 0) is 20.9 Å². The number of hydrazine groups is 1. The van der Waals surface area contributed by atoms with Crippen molar-refractivity contribution in [2.75, 3.05) is 13.2 Å². The molecule has 7 nitrogen and oxygen atoms in total. The molecule has 2 aromatic rings. The first-order chi connectivity index (χ1) is 15.4. The maximum atomic E-state index is 12.3. The van der Waals surface area contributed by atoms with Crippen LogP contribution in [0.5, 0.6) is 5.75 Å². The molecule has 0 radical (unpaired) electrons. The van der Waals surface area contributed by atoms with Gasteiger partial charge in [0.25, 0.3) is 11.8 Å².